The molecule has 0 aromatic heterocycles. The van der Waals surface area contributed by atoms with Crippen LogP contribution in [0.15, 0.2) is 65.6 Å². The molecule has 3 aromatic carbocycles. The molecule has 1 saturated carbocycles. The molecule has 218 valence electrons. The van der Waals surface area contributed by atoms with Crippen molar-refractivity contribution in [2.24, 2.45) is 0 Å². The second kappa shape index (κ2) is 12.2. The third-order valence-electron chi connectivity index (χ3n) is 8.27. The van der Waals surface area contributed by atoms with Crippen molar-refractivity contribution in [1.29, 1.82) is 0 Å². The Balaban J connectivity index is 1.13. The van der Waals surface area contributed by atoms with E-state index in [4.69, 9.17) is 9.47 Å². The minimum Gasteiger partial charge on any atom is -0.497 e. The van der Waals surface area contributed by atoms with Gasteiger partial charge in [0.1, 0.15) is 11.5 Å². The number of carbonyl (C=O) groups excluding carboxylic acids is 2. The lowest BCUT2D eigenvalue weighted by Crippen LogP contribution is -2.58. The molecular formula is C31H36N2O7S. The maximum Gasteiger partial charge on any atom is 0.265 e. The van der Waals surface area contributed by atoms with E-state index in [9.17, 15) is 23.2 Å². The van der Waals surface area contributed by atoms with Crippen LogP contribution in [0, 0.1) is 0 Å². The molecule has 2 aliphatic rings. The molecule has 0 spiro atoms. The van der Waals surface area contributed by atoms with Gasteiger partial charge in [-0.15, -0.1) is 0 Å². The van der Waals surface area contributed by atoms with Gasteiger partial charge in [0.2, 0.25) is 0 Å². The zero-order valence-corrected chi connectivity index (χ0v) is 24.0. The summed E-state index contributed by atoms with van der Waals surface area (Å²) in [5, 5.41) is 11.4. The predicted molar refractivity (Wildman–Crippen MR) is 154 cm³/mol. The maximum atomic E-state index is 13.6. The van der Waals surface area contributed by atoms with E-state index < -0.39 is 20.5 Å². The lowest BCUT2D eigenvalue weighted by molar-refractivity contribution is -0.133. The number of ketones is 1. The molecule has 0 bridgehead atoms. The van der Waals surface area contributed by atoms with Crippen LogP contribution < -0.4 is 15.0 Å². The van der Waals surface area contributed by atoms with Crippen LogP contribution in [0.3, 0.4) is 0 Å². The SMILES string of the molecule is COc1ccc2cc(C(=O)CCCCOc3ccc(S(=O)(=O)C4(C(=O)NO)CCN(C5CC5)CC4)cc3)ccc2c1. The number of hydrogen-bond acceptors (Lipinski definition) is 8. The van der Waals surface area contributed by atoms with E-state index in [1.54, 1.807) is 24.7 Å². The third kappa shape index (κ3) is 6.10. The summed E-state index contributed by atoms with van der Waals surface area (Å²) in [6.45, 7) is 1.37. The highest BCUT2D eigenvalue weighted by Crippen LogP contribution is 2.39. The van der Waals surface area contributed by atoms with Crippen LogP contribution in [0.1, 0.15) is 55.3 Å². The molecule has 9 nitrogen and oxygen atoms in total. The number of ether oxygens (including phenoxy) is 2. The number of likely N-dealkylation sites (tertiary alicyclic amines) is 1. The monoisotopic (exact) mass is 580 g/mol. The summed E-state index contributed by atoms with van der Waals surface area (Å²) in [4.78, 5) is 27.6. The average molecular weight is 581 g/mol. The molecule has 1 amide bonds. The number of hydroxylamine groups is 1. The van der Waals surface area contributed by atoms with Crippen molar-refractivity contribution in [3.63, 3.8) is 0 Å². The van der Waals surface area contributed by atoms with Gasteiger partial charge in [-0.25, -0.2) is 13.9 Å². The molecule has 1 aliphatic heterocycles. The molecule has 1 saturated heterocycles. The van der Waals surface area contributed by atoms with Crippen molar-refractivity contribution in [1.82, 2.24) is 10.4 Å². The number of nitrogens with one attached hydrogen (secondary N) is 1. The Morgan fingerprint density at radius 1 is 0.951 bits per heavy atom. The van der Waals surface area contributed by atoms with Gasteiger partial charge in [0.05, 0.1) is 18.6 Å². The number of amides is 1. The molecule has 10 heteroatoms. The Labute approximate surface area is 240 Å². The topological polar surface area (TPSA) is 122 Å². The number of carbonyl (C=O) groups is 2. The first-order chi connectivity index (χ1) is 19.8. The number of benzene rings is 3. The first-order valence-electron chi connectivity index (χ1n) is 14.0. The third-order valence-corrected chi connectivity index (χ3v) is 10.8. The highest BCUT2D eigenvalue weighted by atomic mass is 32.2. The predicted octanol–water partition coefficient (Wildman–Crippen LogP) is 4.56. The Kier molecular flexibility index (Phi) is 8.63. The Hall–Kier alpha value is -3.47. The highest BCUT2D eigenvalue weighted by Gasteiger charge is 2.54. The Morgan fingerprint density at radius 3 is 2.27 bits per heavy atom. The highest BCUT2D eigenvalue weighted by molar-refractivity contribution is 7.93. The van der Waals surface area contributed by atoms with Gasteiger partial charge < -0.3 is 14.4 Å². The van der Waals surface area contributed by atoms with E-state index in [2.05, 4.69) is 4.90 Å². The number of hydrogen-bond donors (Lipinski definition) is 2. The zero-order chi connectivity index (χ0) is 29.0. The number of rotatable bonds is 12. The normalized spacial score (nSPS) is 17.2. The van der Waals surface area contributed by atoms with Crippen molar-refractivity contribution in [3.05, 3.63) is 66.2 Å². The number of unbranched alkanes of at least 4 members (excludes halogenated alkanes) is 1. The largest absolute Gasteiger partial charge is 0.497 e. The van der Waals surface area contributed by atoms with Crippen molar-refractivity contribution >= 4 is 32.3 Å². The quantitative estimate of drug-likeness (QED) is 0.138. The van der Waals surface area contributed by atoms with Crippen LogP contribution in [0.25, 0.3) is 10.8 Å². The maximum absolute atomic E-state index is 13.6. The number of fused-ring (bicyclic) bond motifs is 1. The summed E-state index contributed by atoms with van der Waals surface area (Å²) in [5.41, 5.74) is 2.28. The standard InChI is InChI=1S/C31H36N2O7S/c1-39-27-10-7-22-20-24(6-5-23(22)21-27)29(34)4-2-3-19-40-26-11-13-28(14-12-26)41(37,38)31(30(35)32-36)15-17-33(18-16-31)25-8-9-25/h5-7,10-14,20-21,25,36H,2-4,8-9,15-19H2,1H3,(H,32,35). The number of nitrogens with zero attached hydrogens (tertiary/aromatic N) is 1. The first-order valence-corrected chi connectivity index (χ1v) is 15.5. The molecule has 2 N–H and O–H groups in total. The fraction of sp³-hybridized carbons (Fsp3) is 0.419. The van der Waals surface area contributed by atoms with Crippen LogP contribution in [-0.4, -0.2) is 67.8 Å². The second-order valence-electron chi connectivity index (χ2n) is 10.8. The van der Waals surface area contributed by atoms with Crippen molar-refractivity contribution in [2.45, 2.75) is 60.6 Å². The van der Waals surface area contributed by atoms with Gasteiger partial charge in [0.25, 0.3) is 5.91 Å². The van der Waals surface area contributed by atoms with Crippen LogP contribution in [-0.2, 0) is 14.6 Å². The van der Waals surface area contributed by atoms with E-state index in [1.807, 2.05) is 36.4 Å². The van der Waals surface area contributed by atoms with E-state index in [0.29, 0.717) is 56.3 Å². The lowest BCUT2D eigenvalue weighted by atomic mass is 9.94. The summed E-state index contributed by atoms with van der Waals surface area (Å²) in [5.74, 6) is 0.465. The molecule has 0 radical (unpaired) electrons. The molecular weight excluding hydrogens is 544 g/mol. The van der Waals surface area contributed by atoms with E-state index in [1.165, 1.54) is 12.1 Å². The minimum atomic E-state index is -4.06. The van der Waals surface area contributed by atoms with Gasteiger partial charge in [-0.1, -0.05) is 18.2 Å². The van der Waals surface area contributed by atoms with Gasteiger partial charge in [-0.3, -0.25) is 14.8 Å². The average Bonchev–Trinajstić information content (AvgIpc) is 3.86. The van der Waals surface area contributed by atoms with Gasteiger partial charge in [0, 0.05) is 31.1 Å². The zero-order valence-electron chi connectivity index (χ0n) is 23.2. The molecule has 0 atom stereocenters. The number of sulfone groups is 1. The summed E-state index contributed by atoms with van der Waals surface area (Å²) >= 11 is 0. The van der Waals surface area contributed by atoms with Gasteiger partial charge >= 0.3 is 0 Å². The minimum absolute atomic E-state index is 0.0211. The van der Waals surface area contributed by atoms with Crippen LogP contribution in [0.2, 0.25) is 0 Å². The van der Waals surface area contributed by atoms with Gasteiger partial charge in [-0.05, 0) is 91.8 Å². The Morgan fingerprint density at radius 2 is 1.61 bits per heavy atom. The van der Waals surface area contributed by atoms with Gasteiger partial charge in [0.15, 0.2) is 20.4 Å². The summed E-state index contributed by atoms with van der Waals surface area (Å²) in [7, 11) is -2.44. The van der Waals surface area contributed by atoms with Crippen LogP contribution >= 0.6 is 0 Å². The molecule has 5 rings (SSSR count). The molecule has 2 fully saturated rings. The Bertz CT molecular complexity index is 1510. The molecule has 3 aromatic rings. The molecule has 0 unspecified atom stereocenters. The fourth-order valence-corrected chi connectivity index (χ4v) is 7.55. The molecule has 1 aliphatic carbocycles. The summed E-state index contributed by atoms with van der Waals surface area (Å²) in [6.07, 6.45) is 4.17. The lowest BCUT2D eigenvalue weighted by Gasteiger charge is -2.39. The first kappa shape index (κ1) is 29.0. The van der Waals surface area contributed by atoms with E-state index in [-0.39, 0.29) is 23.5 Å². The number of Topliss-reactive ketones (excluding diaryl/α,β-unsaturated/α-hetero) is 1. The number of methoxy groups -OCH3 is 1. The molecule has 1 heterocycles. The van der Waals surface area contributed by atoms with Crippen LogP contribution in [0.5, 0.6) is 11.5 Å². The van der Waals surface area contributed by atoms with Gasteiger partial charge in [-0.2, -0.15) is 0 Å². The fourth-order valence-electron chi connectivity index (χ4n) is 5.60. The van der Waals surface area contributed by atoms with E-state index in [0.717, 1.165) is 29.4 Å². The second-order valence-corrected chi connectivity index (χ2v) is 13.1. The summed E-state index contributed by atoms with van der Waals surface area (Å²) in [6, 6.07) is 17.9. The van der Waals surface area contributed by atoms with Crippen molar-refractivity contribution < 1.29 is 32.7 Å². The van der Waals surface area contributed by atoms with E-state index >= 15 is 0 Å². The smallest absolute Gasteiger partial charge is 0.265 e. The van der Waals surface area contributed by atoms with Crippen LogP contribution in [0.4, 0.5) is 0 Å². The number of piperidine rings is 1. The van der Waals surface area contributed by atoms with Crippen molar-refractivity contribution in [2.75, 3.05) is 26.8 Å². The van der Waals surface area contributed by atoms with Crippen molar-refractivity contribution in [3.8, 4) is 11.5 Å². The molecule has 41 heavy (non-hydrogen) atoms. The summed E-state index contributed by atoms with van der Waals surface area (Å²) < 4.78 is 36.6.